The summed E-state index contributed by atoms with van der Waals surface area (Å²) in [5.74, 6) is -3.42. The number of hydrogen-bond donors (Lipinski definition) is 9. The number of aliphatic carboxylic acids is 1. The molecule has 0 radical (unpaired) electrons. The Morgan fingerprint density at radius 2 is 1.90 bits per heavy atom. The minimum atomic E-state index is -2.04. The number of ketones is 1. The summed E-state index contributed by atoms with van der Waals surface area (Å²) in [6.45, 7) is 0.297. The summed E-state index contributed by atoms with van der Waals surface area (Å²) >= 11 is 0. The van der Waals surface area contributed by atoms with Crippen molar-refractivity contribution in [2.75, 3.05) is 19.7 Å². The number of carboxylic acid groups (broad SMARTS) is 1. The van der Waals surface area contributed by atoms with Crippen molar-refractivity contribution in [3.05, 3.63) is 44.8 Å². The third kappa shape index (κ3) is 6.90. The van der Waals surface area contributed by atoms with Gasteiger partial charge in [0, 0.05) is 18.8 Å². The van der Waals surface area contributed by atoms with E-state index in [9.17, 15) is 54.3 Å². The van der Waals surface area contributed by atoms with Crippen LogP contribution in [0.2, 0.25) is 0 Å². The fraction of sp³-hybridized carbons (Fsp3) is 0.565. The lowest BCUT2D eigenvalue weighted by Gasteiger charge is -2.41. The van der Waals surface area contributed by atoms with Crippen LogP contribution >= 0.6 is 0 Å². The molecule has 1 aromatic heterocycles. The molecule has 42 heavy (non-hydrogen) atoms. The number of carbonyl (C=O) groups is 4. The third-order valence-electron chi connectivity index (χ3n) is 6.90. The summed E-state index contributed by atoms with van der Waals surface area (Å²) < 4.78 is 10.7. The maximum Gasteiger partial charge on any atom is 0.404 e. The molecule has 2 aliphatic heterocycles. The molecule has 19 nitrogen and oxygen atoms in total. The zero-order valence-corrected chi connectivity index (χ0v) is 22.1. The molecule has 2 saturated heterocycles. The number of carbonyl (C=O) groups excluding carboxylic acids is 3. The Kier molecular flexibility index (Phi) is 10.3. The number of aromatic nitrogens is 2. The van der Waals surface area contributed by atoms with Crippen LogP contribution in [-0.4, -0.2) is 132 Å². The molecule has 9 unspecified atom stereocenters. The average Bonchev–Trinajstić information content (AvgIpc) is 3.19. The second-order valence-electron chi connectivity index (χ2n) is 9.67. The number of amides is 2. The molecule has 19 heteroatoms. The van der Waals surface area contributed by atoms with Gasteiger partial charge in [-0.3, -0.25) is 33.6 Å². The number of aliphatic hydroxyl groups excluding tert-OH is 4. The van der Waals surface area contributed by atoms with Gasteiger partial charge in [-0.1, -0.05) is 6.08 Å². The summed E-state index contributed by atoms with van der Waals surface area (Å²) in [5, 5.41) is 53.4. The molecule has 11 N–H and O–H groups in total. The number of aliphatic hydroxyl groups is 4. The summed E-state index contributed by atoms with van der Waals surface area (Å²) in [6, 6.07) is -4.00. The molecule has 0 spiro atoms. The van der Waals surface area contributed by atoms with Crippen LogP contribution < -0.4 is 28.0 Å². The van der Waals surface area contributed by atoms with E-state index in [-0.39, 0.29) is 6.54 Å². The summed E-state index contributed by atoms with van der Waals surface area (Å²) in [7, 11) is 0. The Hall–Kier alpha value is -3.98. The van der Waals surface area contributed by atoms with Crippen molar-refractivity contribution in [3.8, 4) is 0 Å². The number of H-pyrrole nitrogens is 1. The van der Waals surface area contributed by atoms with E-state index in [0.29, 0.717) is 5.57 Å². The minimum Gasteiger partial charge on any atom is -0.480 e. The molecule has 232 valence electrons. The molecule has 0 saturated carbocycles. The van der Waals surface area contributed by atoms with Crippen LogP contribution in [0, 0.1) is 0 Å². The number of Topliss-reactive ketones (excluding diaryl/α,β-unsaturated/α-hetero) is 1. The number of allylic oxidation sites excluding steroid dienone is 1. The van der Waals surface area contributed by atoms with Crippen molar-refractivity contribution >= 4 is 23.8 Å². The fourth-order valence-electron chi connectivity index (χ4n) is 4.62. The molecule has 3 rings (SSSR count). The zero-order chi connectivity index (χ0) is 31.5. The first kappa shape index (κ1) is 32.5. The van der Waals surface area contributed by atoms with Crippen molar-refractivity contribution in [1.82, 2.24) is 19.8 Å². The van der Waals surface area contributed by atoms with Gasteiger partial charge in [0.25, 0.3) is 5.56 Å². The molecular formula is C23H32N6O13. The Balaban J connectivity index is 1.87. The van der Waals surface area contributed by atoms with Crippen LogP contribution in [0.1, 0.15) is 13.2 Å². The number of nitrogens with one attached hydrogen (secondary N) is 2. The van der Waals surface area contributed by atoms with Crippen molar-refractivity contribution in [2.24, 2.45) is 11.5 Å². The standard InChI is InChI=1S/C23H32N6O13/c1-2-8-5-28(14(8)21(37)38)6-9(30)13(27-19(36)12(24)15(33)10(31)7-41-22(25)39)18-16(34)17(35)20(42-18)29-4-3-11(32)26-23(29)40/h2-4,10,12-18,20,31,33-35H,5-7,24H2,1H3,(H2,25,39)(H,27,36)(H,37,38)(H,26,32,40). The van der Waals surface area contributed by atoms with E-state index < -0.39 is 103 Å². The Morgan fingerprint density at radius 3 is 2.48 bits per heavy atom. The van der Waals surface area contributed by atoms with Gasteiger partial charge in [-0.25, -0.2) is 9.59 Å². The highest BCUT2D eigenvalue weighted by atomic mass is 16.6. The summed E-state index contributed by atoms with van der Waals surface area (Å²) in [5.41, 5.74) is 9.26. The second kappa shape index (κ2) is 13.3. The van der Waals surface area contributed by atoms with Crippen molar-refractivity contribution < 1.29 is 54.2 Å². The lowest BCUT2D eigenvalue weighted by molar-refractivity contribution is -0.146. The summed E-state index contributed by atoms with van der Waals surface area (Å²) in [6.07, 6.45) is -9.83. The number of carboxylic acids is 1. The van der Waals surface area contributed by atoms with Crippen LogP contribution in [0.4, 0.5) is 4.79 Å². The molecule has 2 aliphatic rings. The Labute approximate surface area is 235 Å². The van der Waals surface area contributed by atoms with E-state index >= 15 is 0 Å². The molecule has 2 fully saturated rings. The van der Waals surface area contributed by atoms with Gasteiger partial charge >= 0.3 is 17.8 Å². The Morgan fingerprint density at radius 1 is 1.24 bits per heavy atom. The highest BCUT2D eigenvalue weighted by molar-refractivity contribution is 5.93. The molecule has 0 aromatic carbocycles. The molecule has 2 amide bonds. The smallest absolute Gasteiger partial charge is 0.404 e. The van der Waals surface area contributed by atoms with Gasteiger partial charge in [0.1, 0.15) is 55.3 Å². The number of hydrogen-bond acceptors (Lipinski definition) is 14. The zero-order valence-electron chi connectivity index (χ0n) is 22.1. The van der Waals surface area contributed by atoms with Crippen LogP contribution in [0.3, 0.4) is 0 Å². The third-order valence-corrected chi connectivity index (χ3v) is 6.90. The monoisotopic (exact) mass is 600 g/mol. The van der Waals surface area contributed by atoms with Crippen molar-refractivity contribution in [3.63, 3.8) is 0 Å². The Bertz CT molecular complexity index is 1340. The van der Waals surface area contributed by atoms with E-state index in [2.05, 4.69) is 10.1 Å². The lowest BCUT2D eigenvalue weighted by atomic mass is 9.92. The quantitative estimate of drug-likeness (QED) is 0.101. The predicted octanol–water partition coefficient (Wildman–Crippen LogP) is -5.93. The van der Waals surface area contributed by atoms with Gasteiger partial charge in [-0.15, -0.1) is 0 Å². The van der Waals surface area contributed by atoms with Gasteiger partial charge in [-0.05, 0) is 12.5 Å². The fourth-order valence-corrected chi connectivity index (χ4v) is 4.62. The van der Waals surface area contributed by atoms with E-state index in [1.54, 1.807) is 13.0 Å². The van der Waals surface area contributed by atoms with Gasteiger partial charge in [0.2, 0.25) is 5.91 Å². The van der Waals surface area contributed by atoms with E-state index in [0.717, 1.165) is 16.8 Å². The van der Waals surface area contributed by atoms with E-state index in [1.165, 1.54) is 4.90 Å². The van der Waals surface area contributed by atoms with Gasteiger partial charge in [0.15, 0.2) is 12.0 Å². The van der Waals surface area contributed by atoms with Crippen molar-refractivity contribution in [1.29, 1.82) is 0 Å². The molecular weight excluding hydrogens is 568 g/mol. The second-order valence-corrected chi connectivity index (χ2v) is 9.67. The minimum absolute atomic E-state index is 0.0935. The highest BCUT2D eigenvalue weighted by Gasteiger charge is 2.51. The first-order valence-electron chi connectivity index (χ1n) is 12.5. The number of rotatable bonds is 12. The predicted molar refractivity (Wildman–Crippen MR) is 136 cm³/mol. The summed E-state index contributed by atoms with van der Waals surface area (Å²) in [4.78, 5) is 75.8. The topological polar surface area (TPSA) is 310 Å². The highest BCUT2D eigenvalue weighted by Crippen LogP contribution is 2.31. The van der Waals surface area contributed by atoms with E-state index in [4.69, 9.17) is 16.2 Å². The van der Waals surface area contributed by atoms with Gasteiger partial charge in [-0.2, -0.15) is 0 Å². The number of primary amides is 1. The van der Waals surface area contributed by atoms with Crippen LogP contribution in [0.15, 0.2) is 33.5 Å². The first-order valence-corrected chi connectivity index (χ1v) is 12.5. The molecule has 0 bridgehead atoms. The number of likely N-dealkylation sites (tertiary alicyclic amines) is 1. The first-order chi connectivity index (χ1) is 19.7. The largest absolute Gasteiger partial charge is 0.480 e. The lowest BCUT2D eigenvalue weighted by Crippen LogP contribution is -2.63. The average molecular weight is 601 g/mol. The van der Waals surface area contributed by atoms with E-state index in [1.807, 2.05) is 4.98 Å². The maximum absolute atomic E-state index is 13.5. The molecule has 1 aromatic rings. The normalized spacial score (nSPS) is 27.9. The number of ether oxygens (including phenoxy) is 2. The van der Waals surface area contributed by atoms with Crippen LogP contribution in [0.25, 0.3) is 0 Å². The molecule has 0 aliphatic carbocycles. The molecule has 9 atom stereocenters. The van der Waals surface area contributed by atoms with Crippen molar-refractivity contribution in [2.45, 2.75) is 61.8 Å². The SMILES string of the molecule is CC=C1CN(CC(=O)C(NC(=O)C(N)C(O)C(O)COC(N)=O)C2OC(n3ccc(=O)[nH]c3=O)C(O)C2O)C1C(=O)O. The number of nitrogens with zero attached hydrogens (tertiary/aromatic N) is 2. The maximum atomic E-state index is 13.5. The number of nitrogens with two attached hydrogens (primary N) is 2. The number of aromatic amines is 1. The van der Waals surface area contributed by atoms with Crippen LogP contribution in [-0.2, 0) is 23.9 Å². The van der Waals surface area contributed by atoms with Crippen LogP contribution in [0.5, 0.6) is 0 Å². The molecule has 3 heterocycles. The van der Waals surface area contributed by atoms with Gasteiger partial charge < -0.3 is 51.8 Å². The van der Waals surface area contributed by atoms with Gasteiger partial charge in [0.05, 0.1) is 6.54 Å².